The first-order chi connectivity index (χ1) is 11.1. The fourth-order valence-electron chi connectivity index (χ4n) is 2.56. The molecule has 2 rings (SSSR count). The van der Waals surface area contributed by atoms with Crippen molar-refractivity contribution in [3.63, 3.8) is 0 Å². The molecule has 23 heavy (non-hydrogen) atoms. The van der Waals surface area contributed by atoms with E-state index in [0.717, 1.165) is 18.6 Å². The Bertz CT molecular complexity index is 528. The summed E-state index contributed by atoms with van der Waals surface area (Å²) < 4.78 is 15.6. The molecule has 1 aliphatic rings. The normalized spacial score (nSPS) is 17.5. The van der Waals surface area contributed by atoms with Gasteiger partial charge in [-0.3, -0.25) is 9.59 Å². The van der Waals surface area contributed by atoms with E-state index in [9.17, 15) is 9.59 Å². The Morgan fingerprint density at radius 1 is 1.22 bits per heavy atom. The molecule has 1 heterocycles. The Labute approximate surface area is 136 Å². The second-order valence-corrected chi connectivity index (χ2v) is 5.40. The Balaban J connectivity index is 1.83. The molecule has 1 saturated heterocycles. The first-order valence-corrected chi connectivity index (χ1v) is 7.85. The largest absolute Gasteiger partial charge is 0.497 e. The van der Waals surface area contributed by atoms with E-state index in [0.29, 0.717) is 25.4 Å². The zero-order valence-electron chi connectivity index (χ0n) is 13.6. The van der Waals surface area contributed by atoms with Gasteiger partial charge in [-0.25, -0.2) is 0 Å². The lowest BCUT2D eigenvalue weighted by Gasteiger charge is -2.31. The summed E-state index contributed by atoms with van der Waals surface area (Å²) >= 11 is 0. The van der Waals surface area contributed by atoms with Gasteiger partial charge in [-0.2, -0.15) is 0 Å². The lowest BCUT2D eigenvalue weighted by molar-refractivity contribution is -0.151. The minimum atomic E-state index is -0.228. The Kier molecular flexibility index (Phi) is 6.26. The number of hydrogen-bond donors (Lipinski definition) is 0. The summed E-state index contributed by atoms with van der Waals surface area (Å²) in [7, 11) is 1.59. The van der Waals surface area contributed by atoms with E-state index >= 15 is 0 Å². The van der Waals surface area contributed by atoms with Gasteiger partial charge in [-0.05, 0) is 44.0 Å². The fraction of sp³-hybridized carbons (Fsp3) is 0.529. The van der Waals surface area contributed by atoms with Crippen LogP contribution in [0.4, 0.5) is 0 Å². The highest BCUT2D eigenvalue weighted by atomic mass is 16.5. The van der Waals surface area contributed by atoms with Crippen LogP contribution >= 0.6 is 0 Å². The number of rotatable bonds is 6. The van der Waals surface area contributed by atoms with Crippen molar-refractivity contribution in [3.05, 3.63) is 24.3 Å². The number of methoxy groups -OCH3 is 1. The molecule has 6 heteroatoms. The van der Waals surface area contributed by atoms with E-state index in [-0.39, 0.29) is 24.4 Å². The van der Waals surface area contributed by atoms with Gasteiger partial charge in [-0.1, -0.05) is 0 Å². The molecule has 0 radical (unpaired) electrons. The number of ether oxygens (including phenoxy) is 3. The average Bonchev–Trinajstić information content (AvgIpc) is 2.60. The summed E-state index contributed by atoms with van der Waals surface area (Å²) in [4.78, 5) is 25.7. The summed E-state index contributed by atoms with van der Waals surface area (Å²) in [5.74, 6) is 0.777. The molecular weight excluding hydrogens is 298 g/mol. The molecule has 1 aromatic rings. The van der Waals surface area contributed by atoms with Gasteiger partial charge in [0.2, 0.25) is 0 Å². The van der Waals surface area contributed by atoms with Crippen LogP contribution in [-0.2, 0) is 14.3 Å². The number of piperidine rings is 1. The Morgan fingerprint density at radius 2 is 1.91 bits per heavy atom. The molecule has 0 N–H and O–H groups in total. The number of nitrogens with zero attached hydrogens (tertiary/aromatic N) is 1. The maximum atomic E-state index is 12.2. The van der Waals surface area contributed by atoms with Crippen LogP contribution in [0, 0.1) is 5.92 Å². The lowest BCUT2D eigenvalue weighted by atomic mass is 9.98. The maximum Gasteiger partial charge on any atom is 0.310 e. The van der Waals surface area contributed by atoms with Crippen LogP contribution in [-0.4, -0.2) is 50.2 Å². The third-order valence-electron chi connectivity index (χ3n) is 3.82. The van der Waals surface area contributed by atoms with Crippen molar-refractivity contribution in [3.8, 4) is 11.5 Å². The van der Waals surface area contributed by atoms with Crippen LogP contribution in [0.3, 0.4) is 0 Å². The predicted octanol–water partition coefficient (Wildman–Crippen LogP) is 1.88. The minimum absolute atomic E-state index is 0.0398. The van der Waals surface area contributed by atoms with Crippen LogP contribution in [0.1, 0.15) is 19.8 Å². The van der Waals surface area contributed by atoms with Gasteiger partial charge in [0.05, 0.1) is 19.6 Å². The molecule has 126 valence electrons. The van der Waals surface area contributed by atoms with Crippen molar-refractivity contribution in [2.75, 3.05) is 33.4 Å². The summed E-state index contributed by atoms with van der Waals surface area (Å²) in [6, 6.07) is 7.06. The standard InChI is InChI=1S/C17H23NO5/c1-3-22-17(20)13-5-4-10-18(11-13)16(19)12-23-15-8-6-14(21-2)7-9-15/h6-9,13H,3-5,10-12H2,1-2H3/t13-/m0/s1. The Hall–Kier alpha value is -2.24. The molecule has 1 atom stereocenters. The zero-order valence-corrected chi connectivity index (χ0v) is 13.6. The SMILES string of the molecule is CCOC(=O)[C@H]1CCCN(C(=O)COc2ccc(OC)cc2)C1. The first kappa shape index (κ1) is 17.1. The van der Waals surface area contributed by atoms with Crippen molar-refractivity contribution < 1.29 is 23.8 Å². The molecule has 0 aromatic heterocycles. The van der Waals surface area contributed by atoms with Crippen LogP contribution in [0.5, 0.6) is 11.5 Å². The lowest BCUT2D eigenvalue weighted by Crippen LogP contribution is -2.44. The van der Waals surface area contributed by atoms with E-state index < -0.39 is 0 Å². The molecule has 1 amide bonds. The highest BCUT2D eigenvalue weighted by Crippen LogP contribution is 2.19. The maximum absolute atomic E-state index is 12.2. The first-order valence-electron chi connectivity index (χ1n) is 7.85. The van der Waals surface area contributed by atoms with Crippen molar-refractivity contribution in [2.24, 2.45) is 5.92 Å². The van der Waals surface area contributed by atoms with Gasteiger partial charge in [0, 0.05) is 13.1 Å². The zero-order chi connectivity index (χ0) is 16.7. The van der Waals surface area contributed by atoms with Gasteiger partial charge in [0.15, 0.2) is 6.61 Å². The molecule has 1 aromatic carbocycles. The topological polar surface area (TPSA) is 65.1 Å². The van der Waals surface area contributed by atoms with Gasteiger partial charge < -0.3 is 19.1 Å². The molecular formula is C17H23NO5. The summed E-state index contributed by atoms with van der Waals surface area (Å²) in [5.41, 5.74) is 0. The molecule has 1 aliphatic heterocycles. The highest BCUT2D eigenvalue weighted by molar-refractivity contribution is 5.79. The van der Waals surface area contributed by atoms with Crippen molar-refractivity contribution in [2.45, 2.75) is 19.8 Å². The average molecular weight is 321 g/mol. The van der Waals surface area contributed by atoms with E-state index in [1.54, 1.807) is 43.2 Å². The van der Waals surface area contributed by atoms with Gasteiger partial charge >= 0.3 is 5.97 Å². The van der Waals surface area contributed by atoms with Gasteiger partial charge in [0.1, 0.15) is 11.5 Å². The smallest absolute Gasteiger partial charge is 0.310 e. The predicted molar refractivity (Wildman–Crippen MR) is 84.4 cm³/mol. The molecule has 0 unspecified atom stereocenters. The van der Waals surface area contributed by atoms with E-state index in [2.05, 4.69) is 0 Å². The van der Waals surface area contributed by atoms with Gasteiger partial charge in [-0.15, -0.1) is 0 Å². The number of carbonyl (C=O) groups is 2. The highest BCUT2D eigenvalue weighted by Gasteiger charge is 2.29. The van der Waals surface area contributed by atoms with Crippen molar-refractivity contribution in [1.82, 2.24) is 4.90 Å². The Morgan fingerprint density at radius 3 is 2.57 bits per heavy atom. The van der Waals surface area contributed by atoms with E-state index in [4.69, 9.17) is 14.2 Å². The molecule has 0 bridgehead atoms. The number of likely N-dealkylation sites (tertiary alicyclic amines) is 1. The number of hydrogen-bond acceptors (Lipinski definition) is 5. The van der Waals surface area contributed by atoms with Crippen LogP contribution in [0.2, 0.25) is 0 Å². The number of carbonyl (C=O) groups excluding carboxylic acids is 2. The number of benzene rings is 1. The quantitative estimate of drug-likeness (QED) is 0.749. The number of amides is 1. The third-order valence-corrected chi connectivity index (χ3v) is 3.82. The molecule has 0 saturated carbocycles. The van der Waals surface area contributed by atoms with E-state index in [1.165, 1.54) is 0 Å². The monoisotopic (exact) mass is 321 g/mol. The van der Waals surface area contributed by atoms with Crippen LogP contribution in [0.15, 0.2) is 24.3 Å². The van der Waals surface area contributed by atoms with Gasteiger partial charge in [0.25, 0.3) is 5.91 Å². The fourth-order valence-corrected chi connectivity index (χ4v) is 2.56. The van der Waals surface area contributed by atoms with Crippen molar-refractivity contribution in [1.29, 1.82) is 0 Å². The van der Waals surface area contributed by atoms with E-state index in [1.807, 2.05) is 0 Å². The number of esters is 1. The third kappa shape index (κ3) is 4.87. The summed E-state index contributed by atoms with van der Waals surface area (Å²) in [6.45, 7) is 3.17. The van der Waals surface area contributed by atoms with Crippen LogP contribution < -0.4 is 9.47 Å². The van der Waals surface area contributed by atoms with Crippen LogP contribution in [0.25, 0.3) is 0 Å². The second kappa shape index (κ2) is 8.41. The molecule has 0 aliphatic carbocycles. The summed E-state index contributed by atoms with van der Waals surface area (Å²) in [5, 5.41) is 0. The van der Waals surface area contributed by atoms with Crippen molar-refractivity contribution >= 4 is 11.9 Å². The minimum Gasteiger partial charge on any atom is -0.497 e. The summed E-state index contributed by atoms with van der Waals surface area (Å²) in [6.07, 6.45) is 1.57. The molecule has 6 nitrogen and oxygen atoms in total. The molecule has 0 spiro atoms. The molecule has 1 fully saturated rings. The second-order valence-electron chi connectivity index (χ2n) is 5.40.